The first kappa shape index (κ1) is 15.4. The van der Waals surface area contributed by atoms with E-state index in [1.165, 1.54) is 18.2 Å². The number of carbonyl (C=O) groups excluding carboxylic acids is 1. The summed E-state index contributed by atoms with van der Waals surface area (Å²) in [6, 6.07) is 4.34. The molecule has 1 amide bonds. The summed E-state index contributed by atoms with van der Waals surface area (Å²) in [5, 5.41) is 13.5. The highest BCUT2D eigenvalue weighted by molar-refractivity contribution is 6.20. The molecule has 1 aromatic rings. The van der Waals surface area contributed by atoms with Crippen LogP contribution in [-0.2, 0) is 0 Å². The first-order valence-corrected chi connectivity index (χ1v) is 6.52. The summed E-state index contributed by atoms with van der Waals surface area (Å²) in [5.74, 6) is -0.222. The van der Waals surface area contributed by atoms with Gasteiger partial charge in [-0.2, -0.15) is 0 Å². The van der Waals surface area contributed by atoms with Crippen LogP contribution in [0.4, 0.5) is 5.69 Å². The minimum absolute atomic E-state index is 0.0208. The van der Waals surface area contributed by atoms with E-state index < -0.39 is 4.92 Å². The van der Waals surface area contributed by atoms with Crippen molar-refractivity contribution in [3.63, 3.8) is 0 Å². The zero-order valence-electron chi connectivity index (χ0n) is 11.0. The third kappa shape index (κ3) is 4.87. The van der Waals surface area contributed by atoms with Gasteiger partial charge in [-0.15, -0.1) is 11.6 Å². The van der Waals surface area contributed by atoms with Crippen molar-refractivity contribution in [3.8, 4) is 0 Å². The molecular weight excluding hydrogens is 268 g/mol. The fourth-order valence-corrected chi connectivity index (χ4v) is 1.84. The van der Waals surface area contributed by atoms with Gasteiger partial charge in [0.15, 0.2) is 0 Å². The molecule has 0 aliphatic rings. The van der Waals surface area contributed by atoms with Gasteiger partial charge >= 0.3 is 0 Å². The topological polar surface area (TPSA) is 72.2 Å². The number of hydrogen-bond acceptors (Lipinski definition) is 3. The molecule has 0 aromatic heterocycles. The molecule has 0 aliphatic carbocycles. The Hall–Kier alpha value is -1.62. The Kier molecular flexibility index (Phi) is 5.76. The molecule has 0 bridgehead atoms. The van der Waals surface area contributed by atoms with Crippen molar-refractivity contribution in [3.05, 3.63) is 39.4 Å². The van der Waals surface area contributed by atoms with Crippen molar-refractivity contribution in [2.45, 2.75) is 32.1 Å². The van der Waals surface area contributed by atoms with Gasteiger partial charge in [-0.05, 0) is 38.8 Å². The lowest BCUT2D eigenvalue weighted by Crippen LogP contribution is -2.24. The molecule has 6 heteroatoms. The average molecular weight is 285 g/mol. The first-order chi connectivity index (χ1) is 8.91. The molecule has 0 saturated carbocycles. The van der Waals surface area contributed by atoms with Crippen LogP contribution in [0.25, 0.3) is 0 Å². The second-order valence-electron chi connectivity index (χ2n) is 4.44. The largest absolute Gasteiger partial charge is 0.352 e. The van der Waals surface area contributed by atoms with Crippen LogP contribution in [0.15, 0.2) is 18.2 Å². The van der Waals surface area contributed by atoms with E-state index in [0.717, 1.165) is 12.8 Å². The maximum absolute atomic E-state index is 11.8. The lowest BCUT2D eigenvalue weighted by Gasteiger charge is -2.07. The SMILES string of the molecule is Cc1cc(C(=O)NCCCC(C)Cl)ccc1[N+](=O)[O-]. The van der Waals surface area contributed by atoms with Crippen LogP contribution in [0, 0.1) is 17.0 Å². The highest BCUT2D eigenvalue weighted by Gasteiger charge is 2.13. The Morgan fingerprint density at radius 3 is 2.74 bits per heavy atom. The van der Waals surface area contributed by atoms with E-state index in [2.05, 4.69) is 5.32 Å². The summed E-state index contributed by atoms with van der Waals surface area (Å²) in [6.07, 6.45) is 1.64. The van der Waals surface area contributed by atoms with Crippen LogP contribution in [0.2, 0.25) is 0 Å². The molecule has 1 unspecified atom stereocenters. The van der Waals surface area contributed by atoms with Gasteiger partial charge in [0.1, 0.15) is 0 Å². The van der Waals surface area contributed by atoms with Crippen LogP contribution >= 0.6 is 11.6 Å². The number of amides is 1. The second kappa shape index (κ2) is 7.09. The molecule has 0 heterocycles. The van der Waals surface area contributed by atoms with Crippen molar-refractivity contribution in [1.82, 2.24) is 5.32 Å². The quantitative estimate of drug-likeness (QED) is 0.378. The van der Waals surface area contributed by atoms with Gasteiger partial charge in [-0.3, -0.25) is 14.9 Å². The molecule has 0 fully saturated rings. The van der Waals surface area contributed by atoms with Gasteiger partial charge in [0.2, 0.25) is 0 Å². The third-order valence-electron chi connectivity index (χ3n) is 2.72. The molecule has 1 atom stereocenters. The number of hydrogen-bond donors (Lipinski definition) is 1. The third-order valence-corrected chi connectivity index (χ3v) is 2.94. The van der Waals surface area contributed by atoms with Gasteiger partial charge in [-0.1, -0.05) is 0 Å². The molecule has 0 saturated heterocycles. The molecule has 104 valence electrons. The lowest BCUT2D eigenvalue weighted by molar-refractivity contribution is -0.385. The predicted octanol–water partition coefficient (Wildman–Crippen LogP) is 3.04. The Labute approximate surface area is 117 Å². The van der Waals surface area contributed by atoms with Gasteiger partial charge in [0, 0.05) is 29.1 Å². The minimum Gasteiger partial charge on any atom is -0.352 e. The highest BCUT2D eigenvalue weighted by Crippen LogP contribution is 2.18. The second-order valence-corrected chi connectivity index (χ2v) is 5.18. The summed E-state index contributed by atoms with van der Waals surface area (Å²) in [4.78, 5) is 22.0. The Bertz CT molecular complexity index is 475. The zero-order chi connectivity index (χ0) is 14.4. The van der Waals surface area contributed by atoms with E-state index in [-0.39, 0.29) is 17.0 Å². The standard InChI is InChI=1S/C13H17ClN2O3/c1-9-8-11(5-6-12(9)16(18)19)13(17)15-7-3-4-10(2)14/h5-6,8,10H,3-4,7H2,1-2H3,(H,15,17). The fraction of sp³-hybridized carbons (Fsp3) is 0.462. The van der Waals surface area contributed by atoms with Gasteiger partial charge < -0.3 is 5.32 Å². The summed E-state index contributed by atoms with van der Waals surface area (Å²) < 4.78 is 0. The van der Waals surface area contributed by atoms with Crippen LogP contribution in [-0.4, -0.2) is 22.8 Å². The Morgan fingerprint density at radius 1 is 1.53 bits per heavy atom. The van der Waals surface area contributed by atoms with E-state index in [1.807, 2.05) is 6.92 Å². The number of nitrogens with one attached hydrogen (secondary N) is 1. The van der Waals surface area contributed by atoms with Crippen LogP contribution in [0.1, 0.15) is 35.7 Å². The summed E-state index contributed by atoms with van der Waals surface area (Å²) in [7, 11) is 0. The predicted molar refractivity (Wildman–Crippen MR) is 74.7 cm³/mol. The average Bonchev–Trinajstić information content (AvgIpc) is 2.33. The maximum atomic E-state index is 11.8. The van der Waals surface area contributed by atoms with Crippen LogP contribution < -0.4 is 5.32 Å². The number of rotatable bonds is 6. The van der Waals surface area contributed by atoms with Crippen molar-refractivity contribution >= 4 is 23.2 Å². The first-order valence-electron chi connectivity index (χ1n) is 6.09. The number of halogens is 1. The van der Waals surface area contributed by atoms with Gasteiger partial charge in [-0.25, -0.2) is 0 Å². The van der Waals surface area contributed by atoms with E-state index in [9.17, 15) is 14.9 Å². The molecule has 1 N–H and O–H groups in total. The van der Waals surface area contributed by atoms with Crippen molar-refractivity contribution in [2.75, 3.05) is 6.54 Å². The number of nitro benzene ring substituents is 1. The summed E-state index contributed by atoms with van der Waals surface area (Å²) in [6.45, 7) is 4.07. The lowest BCUT2D eigenvalue weighted by atomic mass is 10.1. The van der Waals surface area contributed by atoms with E-state index in [0.29, 0.717) is 17.7 Å². The maximum Gasteiger partial charge on any atom is 0.272 e. The highest BCUT2D eigenvalue weighted by atomic mass is 35.5. The number of nitro groups is 1. The molecule has 0 radical (unpaired) electrons. The molecule has 0 aliphatic heterocycles. The molecule has 1 aromatic carbocycles. The summed E-state index contributed by atoms with van der Waals surface area (Å²) in [5.41, 5.74) is 0.932. The Morgan fingerprint density at radius 2 is 2.21 bits per heavy atom. The van der Waals surface area contributed by atoms with Crippen molar-refractivity contribution < 1.29 is 9.72 Å². The Balaban J connectivity index is 2.58. The number of aryl methyl sites for hydroxylation is 1. The number of nitrogens with zero attached hydrogens (tertiary/aromatic N) is 1. The normalized spacial score (nSPS) is 11.9. The number of benzene rings is 1. The van der Waals surface area contributed by atoms with Gasteiger partial charge in [0.05, 0.1) is 4.92 Å². The fourth-order valence-electron chi connectivity index (χ4n) is 1.69. The molecule has 1 rings (SSSR count). The number of carbonyl (C=O) groups is 1. The van der Waals surface area contributed by atoms with Crippen LogP contribution in [0.5, 0.6) is 0 Å². The summed E-state index contributed by atoms with van der Waals surface area (Å²) >= 11 is 5.80. The molecular formula is C13H17ClN2O3. The van der Waals surface area contributed by atoms with E-state index in [1.54, 1.807) is 6.92 Å². The zero-order valence-corrected chi connectivity index (χ0v) is 11.7. The monoisotopic (exact) mass is 284 g/mol. The number of alkyl halides is 1. The minimum atomic E-state index is -0.459. The molecule has 0 spiro atoms. The van der Waals surface area contributed by atoms with Crippen LogP contribution in [0.3, 0.4) is 0 Å². The van der Waals surface area contributed by atoms with Crippen molar-refractivity contribution in [1.29, 1.82) is 0 Å². The molecule has 19 heavy (non-hydrogen) atoms. The van der Waals surface area contributed by atoms with E-state index >= 15 is 0 Å². The van der Waals surface area contributed by atoms with Gasteiger partial charge in [0.25, 0.3) is 11.6 Å². The smallest absolute Gasteiger partial charge is 0.272 e. The van der Waals surface area contributed by atoms with Crippen molar-refractivity contribution in [2.24, 2.45) is 0 Å². The molecule has 5 nitrogen and oxygen atoms in total. The van der Waals surface area contributed by atoms with E-state index in [4.69, 9.17) is 11.6 Å².